The number of carbonyl (C=O) groups excluding carboxylic acids is 1. The third kappa shape index (κ3) is 4.87. The van der Waals surface area contributed by atoms with Crippen molar-refractivity contribution in [2.24, 2.45) is 0 Å². The third-order valence-corrected chi connectivity index (χ3v) is 4.93. The molecule has 0 aliphatic rings. The first-order valence-electron chi connectivity index (χ1n) is 9.24. The van der Waals surface area contributed by atoms with E-state index in [0.29, 0.717) is 34.3 Å². The Morgan fingerprint density at radius 2 is 1.90 bits per heavy atom. The molecule has 0 unspecified atom stereocenters. The highest BCUT2D eigenvalue weighted by atomic mass is 35.5. The van der Waals surface area contributed by atoms with E-state index in [1.807, 2.05) is 36.4 Å². The van der Waals surface area contributed by atoms with E-state index in [0.717, 1.165) is 11.1 Å². The molecule has 0 atom stereocenters. The van der Waals surface area contributed by atoms with E-state index in [9.17, 15) is 10.1 Å². The lowest BCUT2D eigenvalue weighted by atomic mass is 10.1. The smallest absolute Gasteiger partial charge is 0.348 e. The number of esters is 1. The van der Waals surface area contributed by atoms with Crippen LogP contribution in [0.1, 0.15) is 11.1 Å². The van der Waals surface area contributed by atoms with Gasteiger partial charge in [0.2, 0.25) is 0 Å². The fraction of sp³-hybridized carbons (Fsp3) is 0.174. The molecule has 0 N–H and O–H groups in total. The molecule has 0 saturated carbocycles. The lowest BCUT2D eigenvalue weighted by Gasteiger charge is -2.09. The predicted molar refractivity (Wildman–Crippen MR) is 117 cm³/mol. The zero-order chi connectivity index (χ0) is 22.4. The molecule has 0 bridgehead atoms. The third-order valence-electron chi connectivity index (χ3n) is 4.56. The molecule has 3 aromatic rings. The summed E-state index contributed by atoms with van der Waals surface area (Å²) in [5.41, 5.74) is 2.60. The van der Waals surface area contributed by atoms with Crippen LogP contribution in [0.3, 0.4) is 0 Å². The summed E-state index contributed by atoms with van der Waals surface area (Å²) < 4.78 is 17.1. The molecular weight excluding hydrogens is 418 g/mol. The molecule has 2 aromatic carbocycles. The highest BCUT2D eigenvalue weighted by Gasteiger charge is 2.17. The Bertz CT molecular complexity index is 1180. The molecule has 3 rings (SSSR count). The number of hydrogen-bond donors (Lipinski definition) is 0. The second-order valence-corrected chi connectivity index (χ2v) is 6.86. The number of hydrogen-bond acceptors (Lipinski definition) is 6. The van der Waals surface area contributed by atoms with Crippen LogP contribution in [0.25, 0.3) is 17.3 Å². The van der Waals surface area contributed by atoms with Crippen molar-refractivity contribution in [1.29, 1.82) is 5.26 Å². The summed E-state index contributed by atoms with van der Waals surface area (Å²) in [5, 5.41) is 14.7. The van der Waals surface area contributed by atoms with Gasteiger partial charge in [0.05, 0.1) is 33.6 Å². The van der Waals surface area contributed by atoms with E-state index in [4.69, 9.17) is 25.8 Å². The van der Waals surface area contributed by atoms with E-state index < -0.39 is 5.97 Å². The quantitative estimate of drug-likeness (QED) is 0.310. The molecule has 1 aromatic heterocycles. The predicted octanol–water partition coefficient (Wildman–Crippen LogP) is 4.35. The number of ether oxygens (including phenoxy) is 3. The first-order valence-corrected chi connectivity index (χ1v) is 9.61. The van der Waals surface area contributed by atoms with Gasteiger partial charge in [-0.15, -0.1) is 0 Å². The van der Waals surface area contributed by atoms with Crippen molar-refractivity contribution in [2.75, 3.05) is 21.3 Å². The Morgan fingerprint density at radius 3 is 2.55 bits per heavy atom. The van der Waals surface area contributed by atoms with Crippen LogP contribution in [-0.2, 0) is 16.1 Å². The number of carbonyl (C=O) groups is 1. The Hall–Kier alpha value is -3.76. The molecule has 8 heteroatoms. The van der Waals surface area contributed by atoms with Crippen LogP contribution < -0.4 is 9.47 Å². The number of halogens is 1. The van der Waals surface area contributed by atoms with E-state index in [-0.39, 0.29) is 5.57 Å². The highest BCUT2D eigenvalue weighted by Crippen LogP contribution is 2.34. The van der Waals surface area contributed by atoms with E-state index in [2.05, 4.69) is 5.10 Å². The fourth-order valence-corrected chi connectivity index (χ4v) is 3.23. The zero-order valence-electron chi connectivity index (χ0n) is 17.3. The van der Waals surface area contributed by atoms with Crippen molar-refractivity contribution in [3.8, 4) is 28.8 Å². The average Bonchev–Trinajstić information content (AvgIpc) is 3.20. The Kier molecular flexibility index (Phi) is 6.96. The van der Waals surface area contributed by atoms with Gasteiger partial charge in [-0.05, 0) is 35.9 Å². The summed E-state index contributed by atoms with van der Waals surface area (Å²) in [7, 11) is 4.33. The zero-order valence-corrected chi connectivity index (χ0v) is 18.0. The molecule has 7 nitrogen and oxygen atoms in total. The van der Waals surface area contributed by atoms with Gasteiger partial charge in [-0.1, -0.05) is 29.8 Å². The Balaban J connectivity index is 2.13. The number of rotatable bonds is 7. The van der Waals surface area contributed by atoms with Gasteiger partial charge in [-0.25, -0.2) is 4.79 Å². The first-order chi connectivity index (χ1) is 15.0. The number of nitrogens with zero attached hydrogens (tertiary/aromatic N) is 3. The second kappa shape index (κ2) is 9.83. The van der Waals surface area contributed by atoms with E-state index in [1.165, 1.54) is 13.2 Å². The molecule has 158 valence electrons. The van der Waals surface area contributed by atoms with Crippen molar-refractivity contribution in [3.63, 3.8) is 0 Å². The summed E-state index contributed by atoms with van der Waals surface area (Å²) in [6, 6.07) is 14.7. The summed E-state index contributed by atoms with van der Waals surface area (Å²) in [4.78, 5) is 11.9. The van der Waals surface area contributed by atoms with Gasteiger partial charge in [-0.2, -0.15) is 10.4 Å². The molecule has 1 heterocycles. The highest BCUT2D eigenvalue weighted by molar-refractivity contribution is 6.31. The molecule has 31 heavy (non-hydrogen) atoms. The van der Waals surface area contributed by atoms with Crippen molar-refractivity contribution >= 4 is 23.6 Å². The summed E-state index contributed by atoms with van der Waals surface area (Å²) >= 11 is 6.29. The SMILES string of the molecule is COC(=O)C(C#N)=Cc1cn(Cc2ccccc2Cl)nc1-c1ccc(OC)c(OC)c1. The maximum Gasteiger partial charge on any atom is 0.348 e. The Morgan fingerprint density at radius 1 is 1.16 bits per heavy atom. The van der Waals surface area contributed by atoms with Gasteiger partial charge < -0.3 is 14.2 Å². The molecule has 0 fully saturated rings. The van der Waals surface area contributed by atoms with Gasteiger partial charge in [0.25, 0.3) is 0 Å². The van der Waals surface area contributed by atoms with Crippen LogP contribution in [0, 0.1) is 11.3 Å². The summed E-state index contributed by atoms with van der Waals surface area (Å²) in [6.45, 7) is 0.411. The maximum atomic E-state index is 11.9. The van der Waals surface area contributed by atoms with E-state index >= 15 is 0 Å². The molecule has 0 aliphatic carbocycles. The Labute approximate surface area is 185 Å². The van der Waals surface area contributed by atoms with Crippen molar-refractivity contribution < 1.29 is 19.0 Å². The monoisotopic (exact) mass is 437 g/mol. The van der Waals surface area contributed by atoms with Crippen LogP contribution in [0.2, 0.25) is 5.02 Å². The molecule has 0 saturated heterocycles. The van der Waals surface area contributed by atoms with Crippen LogP contribution >= 0.6 is 11.6 Å². The molecule has 0 aliphatic heterocycles. The topological polar surface area (TPSA) is 86.4 Å². The van der Waals surface area contributed by atoms with Gasteiger partial charge >= 0.3 is 5.97 Å². The number of nitriles is 1. The van der Waals surface area contributed by atoms with Crippen LogP contribution in [0.5, 0.6) is 11.5 Å². The minimum Gasteiger partial charge on any atom is -0.493 e. The number of aromatic nitrogens is 2. The van der Waals surface area contributed by atoms with Crippen LogP contribution in [0.4, 0.5) is 0 Å². The maximum absolute atomic E-state index is 11.9. The minimum absolute atomic E-state index is 0.137. The normalized spacial score (nSPS) is 11.0. The van der Waals surface area contributed by atoms with Gasteiger partial charge in [0.1, 0.15) is 11.6 Å². The average molecular weight is 438 g/mol. The lowest BCUT2D eigenvalue weighted by Crippen LogP contribution is -2.02. The van der Waals surface area contributed by atoms with Crippen LogP contribution in [0.15, 0.2) is 54.2 Å². The van der Waals surface area contributed by atoms with E-state index in [1.54, 1.807) is 37.2 Å². The fourth-order valence-electron chi connectivity index (χ4n) is 3.03. The molecule has 0 amide bonds. The van der Waals surface area contributed by atoms with Crippen LogP contribution in [-0.4, -0.2) is 37.1 Å². The molecule has 0 spiro atoms. The second-order valence-electron chi connectivity index (χ2n) is 6.45. The summed E-state index contributed by atoms with van der Waals surface area (Å²) in [6.07, 6.45) is 3.20. The standard InChI is InChI=1S/C23H20ClN3O4/c1-29-20-9-8-15(11-21(20)30-2)22-18(10-17(12-25)23(28)31-3)14-27(26-22)13-16-6-4-5-7-19(16)24/h4-11,14H,13H2,1-3H3. The first kappa shape index (κ1) is 21.9. The van der Waals surface area contributed by atoms with Crippen molar-refractivity contribution in [3.05, 3.63) is 70.4 Å². The van der Waals surface area contributed by atoms with Gasteiger partial charge in [0, 0.05) is 22.3 Å². The van der Waals surface area contributed by atoms with Crippen molar-refractivity contribution in [1.82, 2.24) is 9.78 Å². The molecule has 0 radical (unpaired) electrons. The van der Waals surface area contributed by atoms with Gasteiger partial charge in [-0.3, -0.25) is 4.68 Å². The summed E-state index contributed by atoms with van der Waals surface area (Å²) in [5.74, 6) is 0.384. The minimum atomic E-state index is -0.723. The largest absolute Gasteiger partial charge is 0.493 e. The van der Waals surface area contributed by atoms with Crippen molar-refractivity contribution in [2.45, 2.75) is 6.54 Å². The lowest BCUT2D eigenvalue weighted by molar-refractivity contribution is -0.135. The number of methoxy groups -OCH3 is 3. The number of benzene rings is 2. The van der Waals surface area contributed by atoms with Gasteiger partial charge in [0.15, 0.2) is 11.5 Å². The molecular formula is C23H20ClN3O4.